The minimum absolute atomic E-state index is 0.0543. The van der Waals surface area contributed by atoms with Crippen LogP contribution in [0.4, 0.5) is 0 Å². The summed E-state index contributed by atoms with van der Waals surface area (Å²) in [6.07, 6.45) is 0.281. The van der Waals surface area contributed by atoms with Gasteiger partial charge in [0.05, 0.1) is 18.1 Å². The van der Waals surface area contributed by atoms with Crippen LogP contribution < -0.4 is 5.43 Å². The molecule has 3 heterocycles. The highest BCUT2D eigenvalue weighted by molar-refractivity contribution is 5.84. The van der Waals surface area contributed by atoms with Crippen LogP contribution in [0.15, 0.2) is 16.9 Å². The van der Waals surface area contributed by atoms with Crippen LogP contribution in [0.3, 0.4) is 0 Å². The normalized spacial score (nSPS) is 48.6. The molecule has 5 nitrogen and oxygen atoms in total. The zero-order chi connectivity index (χ0) is 16.6. The Morgan fingerprint density at radius 2 is 2.04 bits per heavy atom. The fourth-order valence-electron chi connectivity index (χ4n) is 6.65. The molecule has 1 aromatic carbocycles. The van der Waals surface area contributed by atoms with Gasteiger partial charge in [-0.2, -0.15) is 0 Å². The van der Waals surface area contributed by atoms with E-state index in [2.05, 4.69) is 0 Å². The quantitative estimate of drug-likeness (QED) is 0.723. The summed E-state index contributed by atoms with van der Waals surface area (Å²) >= 11 is 0. The van der Waals surface area contributed by atoms with Gasteiger partial charge < -0.3 is 14.6 Å². The van der Waals surface area contributed by atoms with E-state index in [1.165, 1.54) is 0 Å². The topological polar surface area (TPSA) is 72.8 Å². The summed E-state index contributed by atoms with van der Waals surface area (Å²) < 4.78 is 12.1. The van der Waals surface area contributed by atoms with Crippen LogP contribution in [-0.4, -0.2) is 23.3 Å². The number of aliphatic hydroxyl groups is 1. The monoisotopic (exact) mass is 326 g/mol. The first-order valence-electron chi connectivity index (χ1n) is 8.68. The molecule has 1 saturated carbocycles. The average molecular weight is 326 g/mol. The smallest absolute Gasteiger partial charge is 0.316 e. The number of aryl methyl sites for hydroxylation is 2. The predicted molar refractivity (Wildman–Crippen MR) is 82.2 cm³/mol. The first-order chi connectivity index (χ1) is 11.4. The molecule has 1 aromatic rings. The van der Waals surface area contributed by atoms with Gasteiger partial charge in [-0.1, -0.05) is 6.92 Å². The van der Waals surface area contributed by atoms with Gasteiger partial charge in [0, 0.05) is 5.92 Å². The summed E-state index contributed by atoms with van der Waals surface area (Å²) in [6.45, 7) is 3.90. The van der Waals surface area contributed by atoms with Crippen LogP contribution >= 0.6 is 0 Å². The van der Waals surface area contributed by atoms with Crippen LogP contribution in [0.2, 0.25) is 0 Å². The van der Waals surface area contributed by atoms with Crippen molar-refractivity contribution in [2.45, 2.75) is 50.6 Å². The fraction of sp³-hybridized carbons (Fsp3) is 0.579. The SMILES string of the molecule is Cc1cc(=O)cc2c3c1[C@@H]1O[C@H]4[C@@H]5OC(=O)[C@](CC2)([C@@H]4C)[C@@]3(O)[C@@H]51. The number of carbonyl (C=O) groups is 1. The highest BCUT2D eigenvalue weighted by Crippen LogP contribution is 2.75. The number of rotatable bonds is 0. The molecule has 3 aliphatic heterocycles. The van der Waals surface area contributed by atoms with Crippen molar-refractivity contribution in [3.8, 4) is 0 Å². The second kappa shape index (κ2) is 3.60. The van der Waals surface area contributed by atoms with Gasteiger partial charge in [0.2, 0.25) is 0 Å². The Morgan fingerprint density at radius 3 is 2.83 bits per heavy atom. The molecule has 1 spiro atoms. The molecule has 3 aliphatic carbocycles. The Kier molecular flexibility index (Phi) is 2.04. The van der Waals surface area contributed by atoms with Crippen LogP contribution in [-0.2, 0) is 26.3 Å². The predicted octanol–water partition coefficient (Wildman–Crippen LogP) is 1.12. The molecule has 4 fully saturated rings. The van der Waals surface area contributed by atoms with E-state index < -0.39 is 11.0 Å². The molecule has 5 heteroatoms. The number of fused-ring (bicyclic) bond motifs is 2. The van der Waals surface area contributed by atoms with Gasteiger partial charge in [0.1, 0.15) is 17.1 Å². The molecule has 1 N–H and O–H groups in total. The lowest BCUT2D eigenvalue weighted by atomic mass is 9.47. The molecule has 0 radical (unpaired) electrons. The van der Waals surface area contributed by atoms with Crippen molar-refractivity contribution < 1.29 is 19.4 Å². The first-order valence-corrected chi connectivity index (χ1v) is 8.68. The Hall–Kier alpha value is -1.72. The third-order valence-electron chi connectivity index (χ3n) is 7.49. The van der Waals surface area contributed by atoms with Gasteiger partial charge in [0.25, 0.3) is 0 Å². The molecule has 3 saturated heterocycles. The minimum atomic E-state index is -1.27. The average Bonchev–Trinajstić information content (AvgIpc) is 2.93. The number of hydrogen-bond acceptors (Lipinski definition) is 5. The van der Waals surface area contributed by atoms with Crippen molar-refractivity contribution in [3.05, 3.63) is 44.6 Å². The van der Waals surface area contributed by atoms with Crippen molar-refractivity contribution in [2.24, 2.45) is 17.3 Å². The molecule has 0 aromatic heterocycles. The van der Waals surface area contributed by atoms with Gasteiger partial charge in [-0.05, 0) is 54.2 Å². The second-order valence-corrected chi connectivity index (χ2v) is 8.13. The number of esters is 1. The van der Waals surface area contributed by atoms with Crippen LogP contribution in [0, 0.1) is 24.2 Å². The van der Waals surface area contributed by atoms with E-state index in [-0.39, 0.29) is 41.5 Å². The molecular formula is C19H18O5. The van der Waals surface area contributed by atoms with Crippen LogP contribution in [0.25, 0.3) is 0 Å². The maximum Gasteiger partial charge on any atom is 0.316 e. The number of carbonyl (C=O) groups excluding carboxylic acids is 1. The molecule has 0 amide bonds. The molecule has 124 valence electrons. The van der Waals surface area contributed by atoms with E-state index in [1.807, 2.05) is 13.8 Å². The summed E-state index contributed by atoms with van der Waals surface area (Å²) in [5.74, 6) is -0.625. The van der Waals surface area contributed by atoms with E-state index >= 15 is 0 Å². The van der Waals surface area contributed by atoms with Gasteiger partial charge >= 0.3 is 5.97 Å². The Morgan fingerprint density at radius 1 is 1.25 bits per heavy atom. The highest BCUT2D eigenvalue weighted by atomic mass is 16.6. The first kappa shape index (κ1) is 13.6. The summed E-state index contributed by atoms with van der Waals surface area (Å²) in [5, 5.41) is 12.0. The maximum absolute atomic E-state index is 12.9. The van der Waals surface area contributed by atoms with E-state index in [0.717, 1.165) is 22.3 Å². The van der Waals surface area contributed by atoms with E-state index in [1.54, 1.807) is 12.1 Å². The highest BCUT2D eigenvalue weighted by Gasteiger charge is 2.83. The Bertz CT molecular complexity index is 907. The van der Waals surface area contributed by atoms with Crippen molar-refractivity contribution in [1.82, 2.24) is 0 Å². The van der Waals surface area contributed by atoms with Gasteiger partial charge in [-0.15, -0.1) is 0 Å². The van der Waals surface area contributed by atoms with Crippen molar-refractivity contribution in [2.75, 3.05) is 0 Å². The lowest BCUT2D eigenvalue weighted by Crippen LogP contribution is -2.72. The minimum Gasteiger partial charge on any atom is -0.459 e. The molecule has 6 aliphatic rings. The van der Waals surface area contributed by atoms with E-state index in [9.17, 15) is 14.7 Å². The molecule has 0 unspecified atom stereocenters. The maximum atomic E-state index is 12.9. The van der Waals surface area contributed by atoms with Crippen molar-refractivity contribution in [3.63, 3.8) is 0 Å². The summed E-state index contributed by atoms with van der Waals surface area (Å²) in [7, 11) is 0. The van der Waals surface area contributed by atoms with Crippen molar-refractivity contribution >= 4 is 5.97 Å². The third kappa shape index (κ3) is 1.04. The van der Waals surface area contributed by atoms with E-state index in [0.29, 0.717) is 12.8 Å². The molecule has 4 bridgehead atoms. The standard InChI is InChI=1S/C19H18O5/c1-7-5-10(20)6-9-3-4-18-8(2)14-16(24-17(18)21)13-15(23-14)11(7)12(9)19(13,18)22/h5-6,8,13-16,22H,3-4H2,1-2H3/t8-,13-,14-,15+,16-,18+,19+/m1/s1. The Balaban J connectivity index is 1.83. The second-order valence-electron chi connectivity index (χ2n) is 8.13. The number of hydrogen-bond donors (Lipinski definition) is 1. The fourth-order valence-corrected chi connectivity index (χ4v) is 6.65. The van der Waals surface area contributed by atoms with Gasteiger partial charge in [-0.3, -0.25) is 9.59 Å². The summed E-state index contributed by atoms with van der Waals surface area (Å²) in [4.78, 5) is 25.1. The zero-order valence-corrected chi connectivity index (χ0v) is 13.5. The summed E-state index contributed by atoms with van der Waals surface area (Å²) in [6, 6.07) is 3.25. The molecule has 7 rings (SSSR count). The molecule has 24 heavy (non-hydrogen) atoms. The Labute approximate surface area is 138 Å². The lowest BCUT2D eigenvalue weighted by Gasteiger charge is -2.61. The van der Waals surface area contributed by atoms with Crippen LogP contribution in [0.5, 0.6) is 0 Å². The largest absolute Gasteiger partial charge is 0.459 e. The zero-order valence-electron chi connectivity index (χ0n) is 13.5. The third-order valence-corrected chi connectivity index (χ3v) is 7.49. The molecular weight excluding hydrogens is 308 g/mol. The van der Waals surface area contributed by atoms with Crippen molar-refractivity contribution in [1.29, 1.82) is 0 Å². The lowest BCUT2D eigenvalue weighted by molar-refractivity contribution is -0.275. The molecule has 7 atom stereocenters. The van der Waals surface area contributed by atoms with Gasteiger partial charge in [-0.25, -0.2) is 0 Å². The van der Waals surface area contributed by atoms with Crippen LogP contribution in [0.1, 0.15) is 41.7 Å². The number of ether oxygens (including phenoxy) is 2. The van der Waals surface area contributed by atoms with E-state index in [4.69, 9.17) is 9.47 Å². The van der Waals surface area contributed by atoms with Gasteiger partial charge in [0.15, 0.2) is 5.43 Å². The summed E-state index contributed by atoms with van der Waals surface area (Å²) in [5.41, 5.74) is 1.14.